The summed E-state index contributed by atoms with van der Waals surface area (Å²) in [6.45, 7) is 7.45. The average molecular weight is 512 g/mol. The number of nitrogens with zero attached hydrogens (tertiary/aromatic N) is 3. The van der Waals surface area contributed by atoms with Gasteiger partial charge < -0.3 is 24.2 Å². The Kier molecular flexibility index (Phi) is 7.14. The highest BCUT2D eigenvalue weighted by atomic mass is 16.5. The topological polar surface area (TPSA) is 96.5 Å². The zero-order valence-corrected chi connectivity index (χ0v) is 21.8. The molecule has 37 heavy (non-hydrogen) atoms. The molecule has 200 valence electrons. The number of piperidine rings is 2. The van der Waals surface area contributed by atoms with Crippen molar-refractivity contribution in [3.05, 3.63) is 29.8 Å². The van der Waals surface area contributed by atoms with Crippen LogP contribution in [-0.2, 0) is 23.9 Å². The van der Waals surface area contributed by atoms with Gasteiger partial charge in [-0.15, -0.1) is 0 Å². The van der Waals surface area contributed by atoms with Gasteiger partial charge in [-0.1, -0.05) is 0 Å². The Bertz CT molecular complexity index is 1040. The number of carbonyl (C=O) groups excluding carboxylic acids is 4. The molecule has 1 aromatic carbocycles. The van der Waals surface area contributed by atoms with E-state index in [9.17, 15) is 19.2 Å². The smallest absolute Gasteiger partial charge is 0.338 e. The summed E-state index contributed by atoms with van der Waals surface area (Å²) in [6.07, 6.45) is 3.74. The van der Waals surface area contributed by atoms with Gasteiger partial charge in [-0.3, -0.25) is 14.4 Å². The van der Waals surface area contributed by atoms with E-state index in [-0.39, 0.29) is 36.4 Å². The Hall–Kier alpha value is -3.10. The molecule has 0 aromatic heterocycles. The van der Waals surface area contributed by atoms with Crippen molar-refractivity contribution in [3.63, 3.8) is 0 Å². The first-order valence-electron chi connectivity index (χ1n) is 13.7. The Labute approximate surface area is 218 Å². The predicted octanol–water partition coefficient (Wildman–Crippen LogP) is 2.48. The Morgan fingerprint density at radius 3 is 2.19 bits per heavy atom. The molecule has 5 fully saturated rings. The first kappa shape index (κ1) is 25.5. The van der Waals surface area contributed by atoms with Crippen molar-refractivity contribution in [1.82, 2.24) is 9.80 Å². The van der Waals surface area contributed by atoms with E-state index in [1.807, 2.05) is 21.9 Å². The largest absolute Gasteiger partial charge is 0.465 e. The molecular weight excluding hydrogens is 474 g/mol. The standard InChI is InChI=1S/C28H37N3O6/c1-3-36-25(33)20-6-8-21(9-7-20)29-13-15-30(16-14-29)24(32)22-17-19-5-10-23(22)31(18-19)26(34)28(11-12-28)27(35)37-4-2/h6-9,19,22-23H,3-5,10-18H2,1-2H3/t19-,22+,23+/m1/s1. The first-order valence-corrected chi connectivity index (χ1v) is 13.7. The molecule has 0 unspecified atom stereocenters. The van der Waals surface area contributed by atoms with Gasteiger partial charge in [0.1, 0.15) is 5.41 Å². The molecule has 3 saturated heterocycles. The van der Waals surface area contributed by atoms with E-state index in [4.69, 9.17) is 9.47 Å². The van der Waals surface area contributed by atoms with E-state index in [0.717, 1.165) is 24.9 Å². The summed E-state index contributed by atoms with van der Waals surface area (Å²) >= 11 is 0. The number of fused-ring (bicyclic) bond motifs is 3. The molecule has 1 aromatic rings. The molecule has 2 aliphatic carbocycles. The lowest BCUT2D eigenvalue weighted by Gasteiger charge is -2.51. The zero-order valence-electron chi connectivity index (χ0n) is 21.8. The van der Waals surface area contributed by atoms with E-state index in [0.29, 0.717) is 63.7 Å². The maximum Gasteiger partial charge on any atom is 0.338 e. The van der Waals surface area contributed by atoms with Crippen LogP contribution in [-0.4, -0.2) is 85.5 Å². The number of carbonyl (C=O) groups is 4. The van der Waals surface area contributed by atoms with Gasteiger partial charge in [0.15, 0.2) is 0 Å². The number of rotatable bonds is 7. The molecule has 2 amide bonds. The summed E-state index contributed by atoms with van der Waals surface area (Å²) in [5, 5.41) is 0. The molecule has 0 spiro atoms. The summed E-state index contributed by atoms with van der Waals surface area (Å²) in [7, 11) is 0. The summed E-state index contributed by atoms with van der Waals surface area (Å²) in [5.74, 6) is -0.631. The van der Waals surface area contributed by atoms with E-state index in [2.05, 4.69) is 4.90 Å². The van der Waals surface area contributed by atoms with Gasteiger partial charge >= 0.3 is 11.9 Å². The Balaban J connectivity index is 1.20. The second-order valence-electron chi connectivity index (χ2n) is 10.7. The third-order valence-electron chi connectivity index (χ3n) is 8.52. The minimum Gasteiger partial charge on any atom is -0.465 e. The highest BCUT2D eigenvalue weighted by molar-refractivity contribution is 6.06. The molecule has 0 radical (unpaired) electrons. The van der Waals surface area contributed by atoms with E-state index >= 15 is 0 Å². The molecule has 5 aliphatic rings. The number of ether oxygens (including phenoxy) is 2. The van der Waals surface area contributed by atoms with Gasteiger partial charge in [0.05, 0.1) is 24.7 Å². The van der Waals surface area contributed by atoms with Crippen LogP contribution in [0.3, 0.4) is 0 Å². The highest BCUT2D eigenvalue weighted by Gasteiger charge is 2.62. The lowest BCUT2D eigenvalue weighted by atomic mass is 9.71. The summed E-state index contributed by atoms with van der Waals surface area (Å²) in [6, 6.07) is 7.26. The SMILES string of the molecule is CCOC(=O)c1ccc(N2CCN(C(=O)[C@H]3C[C@H]4CC[C@@H]3N(C(=O)C3(C(=O)OCC)CC3)C4)CC2)cc1. The normalized spacial score (nSPS) is 26.0. The third-order valence-corrected chi connectivity index (χ3v) is 8.52. The maximum absolute atomic E-state index is 13.7. The van der Waals surface area contributed by atoms with Crippen LogP contribution in [0.2, 0.25) is 0 Å². The van der Waals surface area contributed by atoms with Crippen molar-refractivity contribution in [2.24, 2.45) is 17.3 Å². The number of hydrogen-bond acceptors (Lipinski definition) is 7. The third kappa shape index (κ3) is 4.80. The number of hydrogen-bond donors (Lipinski definition) is 0. The van der Waals surface area contributed by atoms with Crippen molar-refractivity contribution in [2.75, 3.05) is 50.8 Å². The van der Waals surface area contributed by atoms with Gasteiger partial charge in [0.25, 0.3) is 0 Å². The van der Waals surface area contributed by atoms with Crippen molar-refractivity contribution in [2.45, 2.75) is 52.0 Å². The summed E-state index contributed by atoms with van der Waals surface area (Å²) in [5.41, 5.74) is 0.527. The fraction of sp³-hybridized carbons (Fsp3) is 0.643. The van der Waals surface area contributed by atoms with Crippen molar-refractivity contribution in [1.29, 1.82) is 0 Å². The molecule has 2 saturated carbocycles. The molecular formula is C28H37N3O6. The fourth-order valence-electron chi connectivity index (χ4n) is 6.31. The van der Waals surface area contributed by atoms with Crippen LogP contribution < -0.4 is 4.90 Å². The number of benzene rings is 1. The van der Waals surface area contributed by atoms with Crippen LogP contribution in [0.25, 0.3) is 0 Å². The highest BCUT2D eigenvalue weighted by Crippen LogP contribution is 2.51. The first-order chi connectivity index (χ1) is 17.9. The van der Waals surface area contributed by atoms with Crippen LogP contribution in [0.5, 0.6) is 0 Å². The molecule has 9 nitrogen and oxygen atoms in total. The molecule has 3 atom stereocenters. The minimum atomic E-state index is -1.02. The van der Waals surface area contributed by atoms with Gasteiger partial charge in [-0.2, -0.15) is 0 Å². The quantitative estimate of drug-likeness (QED) is 0.410. The minimum absolute atomic E-state index is 0.130. The lowest BCUT2D eigenvalue weighted by Crippen LogP contribution is -2.62. The summed E-state index contributed by atoms with van der Waals surface area (Å²) < 4.78 is 10.3. The Morgan fingerprint density at radius 1 is 0.919 bits per heavy atom. The van der Waals surface area contributed by atoms with Crippen molar-refractivity contribution >= 4 is 29.4 Å². The average Bonchev–Trinajstić information content (AvgIpc) is 3.75. The van der Waals surface area contributed by atoms with Crippen LogP contribution in [0, 0.1) is 17.3 Å². The second-order valence-corrected chi connectivity index (χ2v) is 10.7. The van der Waals surface area contributed by atoms with E-state index in [1.54, 1.807) is 26.0 Å². The fourth-order valence-corrected chi connectivity index (χ4v) is 6.31. The zero-order chi connectivity index (χ0) is 26.2. The van der Waals surface area contributed by atoms with Crippen LogP contribution >= 0.6 is 0 Å². The maximum atomic E-state index is 13.7. The van der Waals surface area contributed by atoms with Crippen molar-refractivity contribution < 1.29 is 28.7 Å². The van der Waals surface area contributed by atoms with E-state index < -0.39 is 11.4 Å². The predicted molar refractivity (Wildman–Crippen MR) is 136 cm³/mol. The monoisotopic (exact) mass is 511 g/mol. The van der Waals surface area contributed by atoms with Gasteiger partial charge in [0.2, 0.25) is 11.8 Å². The lowest BCUT2D eigenvalue weighted by molar-refractivity contribution is -0.164. The van der Waals surface area contributed by atoms with Crippen LogP contribution in [0.15, 0.2) is 24.3 Å². The van der Waals surface area contributed by atoms with Crippen LogP contribution in [0.4, 0.5) is 5.69 Å². The van der Waals surface area contributed by atoms with Crippen LogP contribution in [0.1, 0.15) is 56.3 Å². The number of anilines is 1. The molecule has 0 N–H and O–H groups in total. The number of esters is 2. The van der Waals surface area contributed by atoms with Crippen molar-refractivity contribution in [3.8, 4) is 0 Å². The molecule has 6 rings (SSSR count). The van der Waals surface area contributed by atoms with Gasteiger partial charge in [-0.05, 0) is 76.1 Å². The van der Waals surface area contributed by atoms with Gasteiger partial charge in [-0.25, -0.2) is 4.79 Å². The summed E-state index contributed by atoms with van der Waals surface area (Å²) in [4.78, 5) is 57.6. The van der Waals surface area contributed by atoms with E-state index in [1.165, 1.54) is 0 Å². The number of amides is 2. The molecule has 3 heterocycles. The molecule has 3 aliphatic heterocycles. The number of piperazine rings is 1. The molecule has 2 bridgehead atoms. The molecule has 9 heteroatoms. The van der Waals surface area contributed by atoms with Gasteiger partial charge in [0, 0.05) is 44.5 Å². The second kappa shape index (κ2) is 10.3. The Morgan fingerprint density at radius 2 is 1.59 bits per heavy atom.